The number of aromatic nitrogens is 1. The van der Waals surface area contributed by atoms with Crippen molar-refractivity contribution in [3.05, 3.63) is 83.1 Å². The van der Waals surface area contributed by atoms with Crippen LogP contribution in [0.15, 0.2) is 71.9 Å². The average molecular weight is 687 g/mol. The largest absolute Gasteiger partial charge is 0.490 e. The number of aliphatic hydroxyl groups is 1. The molecule has 254 valence electrons. The summed E-state index contributed by atoms with van der Waals surface area (Å²) in [5.74, 6) is -0.733. The van der Waals surface area contributed by atoms with E-state index in [2.05, 4.69) is 10.3 Å². The lowest BCUT2D eigenvalue weighted by molar-refractivity contribution is -0.00834. The number of hydrogen-bond acceptors (Lipinski definition) is 8. The molecule has 4 rings (SSSR count). The Bertz CT molecular complexity index is 1610. The number of aliphatic hydroxyl groups excluding tert-OH is 1. The highest BCUT2D eigenvalue weighted by molar-refractivity contribution is 7.89. The number of halogens is 1. The van der Waals surface area contributed by atoms with Crippen LogP contribution >= 0.6 is 11.6 Å². The Labute approximate surface area is 281 Å². The number of ether oxygens (including phenoxy) is 2. The maximum Gasteiger partial charge on any atom is 0.258 e. The molecule has 1 aliphatic heterocycles. The van der Waals surface area contributed by atoms with Gasteiger partial charge in [-0.3, -0.25) is 14.6 Å². The van der Waals surface area contributed by atoms with Gasteiger partial charge < -0.3 is 24.8 Å². The molecule has 0 unspecified atom stereocenters. The van der Waals surface area contributed by atoms with Gasteiger partial charge in [-0.05, 0) is 87.7 Å². The number of pyridine rings is 1. The van der Waals surface area contributed by atoms with Gasteiger partial charge in [-0.15, -0.1) is 0 Å². The van der Waals surface area contributed by atoms with E-state index in [1.807, 2.05) is 13.8 Å². The number of anilines is 1. The van der Waals surface area contributed by atoms with Gasteiger partial charge in [0.1, 0.15) is 5.75 Å². The van der Waals surface area contributed by atoms with Gasteiger partial charge in [0.05, 0.1) is 35.3 Å². The van der Waals surface area contributed by atoms with Crippen LogP contribution in [-0.2, 0) is 14.8 Å². The monoisotopic (exact) mass is 686 g/mol. The second kappa shape index (κ2) is 16.5. The lowest BCUT2D eigenvalue weighted by Gasteiger charge is -2.35. The highest BCUT2D eigenvalue weighted by Crippen LogP contribution is 2.29. The Balaban J connectivity index is 1.65. The Hall–Kier alpha value is -3.55. The van der Waals surface area contributed by atoms with E-state index in [4.69, 9.17) is 21.1 Å². The van der Waals surface area contributed by atoms with Gasteiger partial charge in [-0.1, -0.05) is 18.5 Å². The molecule has 0 fully saturated rings. The van der Waals surface area contributed by atoms with Crippen molar-refractivity contribution in [2.24, 2.45) is 5.92 Å². The standard InChI is InChI=1S/C34H43ClN4O7S/c1-23-20-39(24(2)22-40)34(42)30-19-28(37-33(41)26-14-16-36-17-15-26)10-13-31(30)46-25(3)7-5-6-18-45-32(23)21-38(4)47(43,44)29-11-8-27(35)9-12-29/h8-17,19,23-25,32,40H,5-7,18,20-22H2,1-4H3,(H,37,41)/t23-,24-,25+,32+/m1/s1. The molecule has 1 aliphatic rings. The van der Waals surface area contributed by atoms with Crippen LogP contribution in [0, 0.1) is 5.92 Å². The fraction of sp³-hybridized carbons (Fsp3) is 0.441. The van der Waals surface area contributed by atoms with Gasteiger partial charge in [0.15, 0.2) is 0 Å². The van der Waals surface area contributed by atoms with E-state index in [-0.39, 0.29) is 48.1 Å². The number of nitrogens with one attached hydrogen (secondary N) is 1. The van der Waals surface area contributed by atoms with Gasteiger partial charge in [-0.2, -0.15) is 4.31 Å². The molecule has 2 N–H and O–H groups in total. The van der Waals surface area contributed by atoms with Crippen molar-refractivity contribution in [2.45, 2.75) is 63.2 Å². The van der Waals surface area contributed by atoms with Crippen LogP contribution in [0.4, 0.5) is 5.69 Å². The summed E-state index contributed by atoms with van der Waals surface area (Å²) in [6.45, 7) is 5.85. The van der Waals surface area contributed by atoms with Crippen molar-refractivity contribution >= 4 is 39.1 Å². The number of fused-ring (bicyclic) bond motifs is 1. The molecule has 0 saturated carbocycles. The number of benzene rings is 2. The third-order valence-corrected chi connectivity index (χ3v) is 10.3. The normalized spacial score (nSPS) is 20.5. The molecule has 2 aromatic carbocycles. The maximum absolute atomic E-state index is 14.3. The molecular formula is C34H43ClN4O7S. The van der Waals surface area contributed by atoms with Gasteiger partial charge in [0.2, 0.25) is 10.0 Å². The molecule has 0 radical (unpaired) electrons. The van der Waals surface area contributed by atoms with Crippen LogP contribution in [0.3, 0.4) is 0 Å². The van der Waals surface area contributed by atoms with Gasteiger partial charge in [0.25, 0.3) is 11.8 Å². The van der Waals surface area contributed by atoms with Gasteiger partial charge in [-0.25, -0.2) is 8.42 Å². The first kappa shape index (κ1) is 36.3. The number of carbonyl (C=O) groups excluding carboxylic acids is 2. The smallest absolute Gasteiger partial charge is 0.258 e. The number of carbonyl (C=O) groups is 2. The minimum absolute atomic E-state index is 0.0446. The van der Waals surface area contributed by atoms with E-state index < -0.39 is 28.1 Å². The van der Waals surface area contributed by atoms with E-state index in [1.165, 1.54) is 48.0 Å². The first-order valence-electron chi connectivity index (χ1n) is 15.7. The Morgan fingerprint density at radius 1 is 1.13 bits per heavy atom. The highest BCUT2D eigenvalue weighted by atomic mass is 35.5. The summed E-state index contributed by atoms with van der Waals surface area (Å²) >= 11 is 5.98. The minimum Gasteiger partial charge on any atom is -0.490 e. The zero-order valence-corrected chi connectivity index (χ0v) is 28.7. The van der Waals surface area contributed by atoms with Crippen LogP contribution < -0.4 is 10.1 Å². The van der Waals surface area contributed by atoms with E-state index in [1.54, 1.807) is 42.2 Å². The summed E-state index contributed by atoms with van der Waals surface area (Å²) in [6, 6.07) is 13.5. The summed E-state index contributed by atoms with van der Waals surface area (Å²) in [6.07, 6.45) is 4.47. The molecule has 1 aromatic heterocycles. The molecule has 0 spiro atoms. The maximum atomic E-state index is 14.3. The topological polar surface area (TPSA) is 138 Å². The molecule has 47 heavy (non-hydrogen) atoms. The lowest BCUT2D eigenvalue weighted by atomic mass is 10.0. The first-order chi connectivity index (χ1) is 22.4. The minimum atomic E-state index is -3.85. The van der Waals surface area contributed by atoms with Crippen molar-refractivity contribution in [1.29, 1.82) is 0 Å². The summed E-state index contributed by atoms with van der Waals surface area (Å²) in [5, 5.41) is 13.5. The Morgan fingerprint density at radius 2 is 1.83 bits per heavy atom. The van der Waals surface area contributed by atoms with E-state index in [0.29, 0.717) is 35.1 Å². The van der Waals surface area contributed by atoms with Crippen molar-refractivity contribution < 1.29 is 32.6 Å². The van der Waals surface area contributed by atoms with Gasteiger partial charge in [0, 0.05) is 61.3 Å². The summed E-state index contributed by atoms with van der Waals surface area (Å²) in [4.78, 5) is 32.8. The van der Waals surface area contributed by atoms with Gasteiger partial charge >= 0.3 is 0 Å². The summed E-state index contributed by atoms with van der Waals surface area (Å²) in [7, 11) is -2.35. The number of likely N-dealkylation sites (N-methyl/N-ethyl adjacent to an activating group) is 1. The third-order valence-electron chi connectivity index (χ3n) is 8.21. The van der Waals surface area contributed by atoms with Crippen LogP contribution in [0.25, 0.3) is 0 Å². The quantitative estimate of drug-likeness (QED) is 0.334. The van der Waals surface area contributed by atoms with Crippen LogP contribution in [0.2, 0.25) is 5.02 Å². The van der Waals surface area contributed by atoms with E-state index in [9.17, 15) is 23.1 Å². The highest BCUT2D eigenvalue weighted by Gasteiger charge is 2.32. The molecule has 3 aromatic rings. The number of sulfonamides is 1. The number of hydrogen-bond donors (Lipinski definition) is 2. The predicted octanol–water partition coefficient (Wildman–Crippen LogP) is 5.10. The molecule has 11 nitrogen and oxygen atoms in total. The molecule has 2 amide bonds. The van der Waals surface area contributed by atoms with Crippen LogP contribution in [-0.4, -0.2) is 91.1 Å². The van der Waals surface area contributed by atoms with Crippen molar-refractivity contribution in [2.75, 3.05) is 38.7 Å². The van der Waals surface area contributed by atoms with E-state index >= 15 is 0 Å². The molecule has 0 bridgehead atoms. The fourth-order valence-corrected chi connectivity index (χ4v) is 6.62. The number of rotatable bonds is 8. The number of amides is 2. The average Bonchev–Trinajstić information content (AvgIpc) is 3.06. The number of nitrogens with zero attached hydrogens (tertiary/aromatic N) is 3. The molecule has 4 atom stereocenters. The molecular weight excluding hydrogens is 644 g/mol. The van der Waals surface area contributed by atoms with E-state index in [0.717, 1.165) is 12.8 Å². The first-order valence-corrected chi connectivity index (χ1v) is 17.5. The third kappa shape index (κ3) is 9.51. The predicted molar refractivity (Wildman–Crippen MR) is 180 cm³/mol. The fourth-order valence-electron chi connectivity index (χ4n) is 5.31. The van der Waals surface area contributed by atoms with Crippen molar-refractivity contribution in [1.82, 2.24) is 14.2 Å². The molecule has 13 heteroatoms. The SMILES string of the molecule is C[C@@H]1CN([C@H](C)CO)C(=O)c2cc(NC(=O)c3ccncc3)ccc2O[C@@H](C)CCCCO[C@H]1CN(C)S(=O)(=O)c1ccc(Cl)cc1. The molecule has 0 saturated heterocycles. The Kier molecular flexibility index (Phi) is 12.8. The van der Waals surface area contributed by atoms with Crippen LogP contribution in [0.1, 0.15) is 60.7 Å². The zero-order valence-electron chi connectivity index (χ0n) is 27.1. The van der Waals surface area contributed by atoms with Crippen LogP contribution in [0.5, 0.6) is 5.75 Å². The zero-order chi connectivity index (χ0) is 34.1. The Morgan fingerprint density at radius 3 is 2.51 bits per heavy atom. The molecule has 0 aliphatic carbocycles. The summed E-state index contributed by atoms with van der Waals surface area (Å²) < 4.78 is 40.6. The van der Waals surface area contributed by atoms with Crippen molar-refractivity contribution in [3.8, 4) is 5.75 Å². The lowest BCUT2D eigenvalue weighted by Crippen LogP contribution is -2.48. The second-order valence-electron chi connectivity index (χ2n) is 11.9. The summed E-state index contributed by atoms with van der Waals surface area (Å²) in [5.41, 5.74) is 1.04. The van der Waals surface area contributed by atoms with Crippen molar-refractivity contribution in [3.63, 3.8) is 0 Å². The molecule has 2 heterocycles. The second-order valence-corrected chi connectivity index (χ2v) is 14.4.